The van der Waals surface area contributed by atoms with Crippen LogP contribution in [0.15, 0.2) is 0 Å². The van der Waals surface area contributed by atoms with E-state index in [0.29, 0.717) is 29.8 Å². The standard InChI is InChI=1S/C13H21N5O2/c1-3-4-11-12(18(19)20)13(16(2)15-11)17-7-9-5-14-6-10(9)8-17/h9-10,14H,3-8H2,1-2H3. The summed E-state index contributed by atoms with van der Waals surface area (Å²) in [5.74, 6) is 1.91. The molecule has 0 aromatic carbocycles. The Bertz CT molecular complexity index is 515. The molecule has 1 aromatic heterocycles. The Morgan fingerprint density at radius 2 is 2.05 bits per heavy atom. The van der Waals surface area contributed by atoms with E-state index in [1.165, 1.54) is 0 Å². The Balaban J connectivity index is 1.94. The topological polar surface area (TPSA) is 76.2 Å². The maximum absolute atomic E-state index is 11.4. The smallest absolute Gasteiger partial charge is 0.334 e. The van der Waals surface area contributed by atoms with Crippen LogP contribution in [0.25, 0.3) is 0 Å². The molecule has 1 N–H and O–H groups in total. The minimum atomic E-state index is -0.264. The number of hydrogen-bond donors (Lipinski definition) is 1. The molecule has 2 aliphatic heterocycles. The molecule has 0 spiro atoms. The zero-order chi connectivity index (χ0) is 14.3. The molecule has 20 heavy (non-hydrogen) atoms. The van der Waals surface area contributed by atoms with Gasteiger partial charge in [-0.3, -0.25) is 10.1 Å². The highest BCUT2D eigenvalue weighted by molar-refractivity contribution is 5.62. The summed E-state index contributed by atoms with van der Waals surface area (Å²) in [6.07, 6.45) is 1.53. The van der Waals surface area contributed by atoms with Crippen molar-refractivity contribution in [3.8, 4) is 0 Å². The summed E-state index contributed by atoms with van der Waals surface area (Å²) >= 11 is 0. The van der Waals surface area contributed by atoms with Gasteiger partial charge in [0.05, 0.1) is 4.92 Å². The average Bonchev–Trinajstić information content (AvgIpc) is 3.01. The van der Waals surface area contributed by atoms with Crippen LogP contribution in [0.3, 0.4) is 0 Å². The number of aryl methyl sites for hydroxylation is 2. The van der Waals surface area contributed by atoms with Gasteiger partial charge in [-0.2, -0.15) is 5.10 Å². The molecule has 1 aromatic rings. The van der Waals surface area contributed by atoms with Crippen LogP contribution in [0.1, 0.15) is 19.0 Å². The van der Waals surface area contributed by atoms with Gasteiger partial charge in [0, 0.05) is 33.2 Å². The Hall–Kier alpha value is -1.63. The van der Waals surface area contributed by atoms with Crippen LogP contribution in [0.2, 0.25) is 0 Å². The molecule has 2 atom stereocenters. The molecule has 0 saturated carbocycles. The molecule has 7 heteroatoms. The number of anilines is 1. The molecule has 0 bridgehead atoms. The van der Waals surface area contributed by atoms with Crippen LogP contribution in [-0.4, -0.2) is 40.9 Å². The number of nitrogens with one attached hydrogen (secondary N) is 1. The van der Waals surface area contributed by atoms with Crippen molar-refractivity contribution in [2.45, 2.75) is 19.8 Å². The van der Waals surface area contributed by atoms with Crippen LogP contribution in [-0.2, 0) is 13.5 Å². The van der Waals surface area contributed by atoms with Gasteiger partial charge in [-0.05, 0) is 18.3 Å². The van der Waals surface area contributed by atoms with Crippen LogP contribution in [0.4, 0.5) is 11.5 Å². The Kier molecular flexibility index (Phi) is 3.37. The van der Waals surface area contributed by atoms with Gasteiger partial charge in [0.1, 0.15) is 5.69 Å². The van der Waals surface area contributed by atoms with E-state index in [1.54, 1.807) is 4.68 Å². The van der Waals surface area contributed by atoms with Crippen molar-refractivity contribution < 1.29 is 4.92 Å². The average molecular weight is 279 g/mol. The van der Waals surface area contributed by atoms with E-state index in [0.717, 1.165) is 32.6 Å². The Morgan fingerprint density at radius 3 is 2.60 bits per heavy atom. The maximum Gasteiger partial charge on any atom is 0.334 e. The third-order valence-corrected chi connectivity index (χ3v) is 4.42. The fourth-order valence-corrected chi connectivity index (χ4v) is 3.53. The van der Waals surface area contributed by atoms with E-state index in [-0.39, 0.29) is 10.6 Å². The molecule has 3 rings (SSSR count). The van der Waals surface area contributed by atoms with Gasteiger partial charge in [-0.15, -0.1) is 0 Å². The van der Waals surface area contributed by atoms with Crippen LogP contribution < -0.4 is 10.2 Å². The maximum atomic E-state index is 11.4. The SMILES string of the molecule is CCCc1nn(C)c(N2CC3CNCC3C2)c1[N+](=O)[O-]. The molecule has 2 unspecified atom stereocenters. The lowest BCUT2D eigenvalue weighted by atomic mass is 10.0. The first-order valence-corrected chi connectivity index (χ1v) is 7.27. The van der Waals surface area contributed by atoms with Crippen molar-refractivity contribution in [2.24, 2.45) is 18.9 Å². The molecule has 2 aliphatic rings. The molecular formula is C13H21N5O2. The summed E-state index contributed by atoms with van der Waals surface area (Å²) in [6.45, 7) is 5.85. The highest BCUT2D eigenvalue weighted by Crippen LogP contribution is 2.37. The van der Waals surface area contributed by atoms with Crippen molar-refractivity contribution >= 4 is 11.5 Å². The normalized spacial score (nSPS) is 25.2. The molecule has 0 amide bonds. The van der Waals surface area contributed by atoms with E-state index < -0.39 is 0 Å². The minimum absolute atomic E-state index is 0.210. The van der Waals surface area contributed by atoms with Gasteiger partial charge in [-0.25, -0.2) is 4.68 Å². The summed E-state index contributed by atoms with van der Waals surface area (Å²) in [4.78, 5) is 13.3. The van der Waals surface area contributed by atoms with Crippen molar-refractivity contribution in [1.29, 1.82) is 0 Å². The second-order valence-corrected chi connectivity index (χ2v) is 5.83. The minimum Gasteiger partial charge on any atom is -0.350 e. The highest BCUT2D eigenvalue weighted by Gasteiger charge is 2.40. The lowest BCUT2D eigenvalue weighted by molar-refractivity contribution is -0.384. The molecule has 7 nitrogen and oxygen atoms in total. The summed E-state index contributed by atoms with van der Waals surface area (Å²) in [6, 6.07) is 0. The number of rotatable bonds is 4. The van der Waals surface area contributed by atoms with Crippen LogP contribution >= 0.6 is 0 Å². The van der Waals surface area contributed by atoms with Crippen LogP contribution in [0.5, 0.6) is 0 Å². The monoisotopic (exact) mass is 279 g/mol. The fraction of sp³-hybridized carbons (Fsp3) is 0.769. The van der Waals surface area contributed by atoms with Crippen molar-refractivity contribution in [2.75, 3.05) is 31.1 Å². The van der Waals surface area contributed by atoms with Gasteiger partial charge in [0.2, 0.25) is 5.82 Å². The van der Waals surface area contributed by atoms with Crippen LogP contribution in [0, 0.1) is 22.0 Å². The van der Waals surface area contributed by atoms with E-state index >= 15 is 0 Å². The molecule has 2 fully saturated rings. The van der Waals surface area contributed by atoms with Crippen molar-refractivity contribution in [3.05, 3.63) is 15.8 Å². The summed E-state index contributed by atoms with van der Waals surface area (Å²) in [5, 5.41) is 19.2. The van der Waals surface area contributed by atoms with Gasteiger partial charge >= 0.3 is 5.69 Å². The van der Waals surface area contributed by atoms with Gasteiger partial charge < -0.3 is 10.2 Å². The van der Waals surface area contributed by atoms with E-state index in [1.807, 2.05) is 14.0 Å². The molecule has 110 valence electrons. The van der Waals surface area contributed by atoms with E-state index in [2.05, 4.69) is 15.3 Å². The first-order chi connectivity index (χ1) is 9.61. The zero-order valence-electron chi connectivity index (χ0n) is 12.0. The third kappa shape index (κ3) is 2.06. The van der Waals surface area contributed by atoms with Gasteiger partial charge in [0.25, 0.3) is 0 Å². The van der Waals surface area contributed by atoms with Gasteiger partial charge in [0.15, 0.2) is 0 Å². The largest absolute Gasteiger partial charge is 0.350 e. The van der Waals surface area contributed by atoms with Crippen molar-refractivity contribution in [1.82, 2.24) is 15.1 Å². The molecule has 0 aliphatic carbocycles. The first kappa shape index (κ1) is 13.4. The summed E-state index contributed by atoms with van der Waals surface area (Å²) in [7, 11) is 1.81. The van der Waals surface area contributed by atoms with E-state index in [4.69, 9.17) is 0 Å². The highest BCUT2D eigenvalue weighted by atomic mass is 16.6. The zero-order valence-corrected chi connectivity index (χ0v) is 12.0. The first-order valence-electron chi connectivity index (χ1n) is 7.27. The Morgan fingerprint density at radius 1 is 1.40 bits per heavy atom. The second-order valence-electron chi connectivity index (χ2n) is 5.83. The predicted molar refractivity (Wildman–Crippen MR) is 75.9 cm³/mol. The number of nitro groups is 1. The number of aromatic nitrogens is 2. The number of nitrogens with zero attached hydrogens (tertiary/aromatic N) is 4. The molecule has 3 heterocycles. The third-order valence-electron chi connectivity index (χ3n) is 4.42. The summed E-state index contributed by atoms with van der Waals surface area (Å²) < 4.78 is 1.69. The summed E-state index contributed by atoms with van der Waals surface area (Å²) in [5.41, 5.74) is 0.826. The Labute approximate surface area is 118 Å². The molecule has 0 radical (unpaired) electrons. The molecule has 2 saturated heterocycles. The van der Waals surface area contributed by atoms with Crippen molar-refractivity contribution in [3.63, 3.8) is 0 Å². The quantitative estimate of drug-likeness (QED) is 0.655. The number of fused-ring (bicyclic) bond motifs is 1. The lowest BCUT2D eigenvalue weighted by Crippen LogP contribution is -2.27. The number of hydrogen-bond acceptors (Lipinski definition) is 5. The van der Waals surface area contributed by atoms with E-state index in [9.17, 15) is 10.1 Å². The molecular weight excluding hydrogens is 258 g/mol. The fourth-order valence-electron chi connectivity index (χ4n) is 3.53. The lowest BCUT2D eigenvalue weighted by Gasteiger charge is -2.18. The second kappa shape index (κ2) is 5.05. The predicted octanol–water partition coefficient (Wildman–Crippen LogP) is 0.936. The van der Waals surface area contributed by atoms with Gasteiger partial charge in [-0.1, -0.05) is 13.3 Å².